The number of hydrogen-bond acceptors (Lipinski definition) is 3. The van der Waals surface area contributed by atoms with Crippen molar-refractivity contribution in [3.63, 3.8) is 0 Å². The van der Waals surface area contributed by atoms with Crippen LogP contribution >= 0.6 is 0 Å². The van der Waals surface area contributed by atoms with Gasteiger partial charge in [-0.05, 0) is 50.9 Å². The molecule has 0 aromatic heterocycles. The maximum atomic E-state index is 13.0. The first-order valence-electron chi connectivity index (χ1n) is 9.56. The zero-order valence-corrected chi connectivity index (χ0v) is 16.9. The topological polar surface area (TPSA) is 69.7 Å². The molecule has 1 aliphatic carbocycles. The molecule has 0 aromatic carbocycles. The van der Waals surface area contributed by atoms with Crippen LogP contribution in [0.1, 0.15) is 60.3 Å². The molecule has 6 heteroatoms. The smallest absolute Gasteiger partial charge is 0.325 e. The van der Waals surface area contributed by atoms with Gasteiger partial charge in [-0.1, -0.05) is 32.9 Å². The fourth-order valence-corrected chi connectivity index (χ4v) is 4.07. The lowest BCUT2D eigenvalue weighted by atomic mass is 9.67. The van der Waals surface area contributed by atoms with Gasteiger partial charge in [0.25, 0.3) is 5.91 Å². The van der Waals surface area contributed by atoms with E-state index in [0.29, 0.717) is 31.8 Å². The molecule has 1 aliphatic heterocycles. The van der Waals surface area contributed by atoms with Gasteiger partial charge in [-0.15, -0.1) is 0 Å². The minimum absolute atomic E-state index is 0.198. The molecule has 146 valence electrons. The number of nitrogens with zero attached hydrogens (tertiary/aromatic N) is 2. The number of hydrogen-bond donors (Lipinski definition) is 1. The number of amides is 4. The van der Waals surface area contributed by atoms with Crippen molar-refractivity contribution >= 4 is 17.8 Å². The second kappa shape index (κ2) is 7.41. The Balaban J connectivity index is 2.05. The maximum absolute atomic E-state index is 13.0. The van der Waals surface area contributed by atoms with Crippen LogP contribution in [0.25, 0.3) is 0 Å². The lowest BCUT2D eigenvalue weighted by molar-refractivity contribution is -0.139. The van der Waals surface area contributed by atoms with Crippen molar-refractivity contribution in [1.82, 2.24) is 15.1 Å². The monoisotopic (exact) mass is 363 g/mol. The molecule has 2 rings (SSSR count). The maximum Gasteiger partial charge on any atom is 0.325 e. The van der Waals surface area contributed by atoms with Gasteiger partial charge in [0.1, 0.15) is 12.1 Å². The minimum Gasteiger partial charge on any atom is -0.337 e. The quantitative estimate of drug-likeness (QED) is 0.603. The van der Waals surface area contributed by atoms with Crippen LogP contribution in [0, 0.1) is 11.3 Å². The van der Waals surface area contributed by atoms with Crippen LogP contribution < -0.4 is 5.32 Å². The fourth-order valence-electron chi connectivity index (χ4n) is 4.07. The summed E-state index contributed by atoms with van der Waals surface area (Å²) in [5.74, 6) is 0.0775. The number of carbonyl (C=O) groups excluding carboxylic acids is 3. The average molecular weight is 364 g/mol. The standard InChI is InChI=1S/C20H33N3O3/c1-7-22(12-14(2)3)16(24)13-23-17(25)20(21-18(23)26)10-8-15(9-11-20)19(4,5)6/h15H,2,7-13H2,1,3-6H3,(H,21,26). The van der Waals surface area contributed by atoms with Gasteiger partial charge in [0, 0.05) is 13.1 Å². The summed E-state index contributed by atoms with van der Waals surface area (Å²) >= 11 is 0. The van der Waals surface area contributed by atoms with E-state index < -0.39 is 11.6 Å². The Kier molecular flexibility index (Phi) is 5.83. The zero-order chi connectivity index (χ0) is 19.7. The molecule has 1 N–H and O–H groups in total. The summed E-state index contributed by atoms with van der Waals surface area (Å²) in [6.07, 6.45) is 3.11. The van der Waals surface area contributed by atoms with Gasteiger partial charge in [0.05, 0.1) is 0 Å². The molecule has 2 fully saturated rings. The van der Waals surface area contributed by atoms with Crippen LogP contribution in [0.2, 0.25) is 0 Å². The molecular formula is C20H33N3O3. The highest BCUT2D eigenvalue weighted by molar-refractivity contribution is 6.09. The summed E-state index contributed by atoms with van der Waals surface area (Å²) in [7, 11) is 0. The zero-order valence-electron chi connectivity index (χ0n) is 16.9. The van der Waals surface area contributed by atoms with E-state index in [4.69, 9.17) is 0 Å². The molecule has 1 saturated carbocycles. The molecule has 0 bridgehead atoms. The normalized spacial score (nSPS) is 26.2. The first-order chi connectivity index (χ1) is 12.0. The van der Waals surface area contributed by atoms with Crippen molar-refractivity contribution < 1.29 is 14.4 Å². The molecule has 6 nitrogen and oxygen atoms in total. The van der Waals surface area contributed by atoms with Crippen molar-refractivity contribution in [1.29, 1.82) is 0 Å². The third kappa shape index (κ3) is 4.10. The predicted octanol–water partition coefficient (Wildman–Crippen LogP) is 2.94. The van der Waals surface area contributed by atoms with Crippen molar-refractivity contribution in [2.75, 3.05) is 19.6 Å². The number of imide groups is 1. The highest BCUT2D eigenvalue weighted by atomic mass is 16.2. The Bertz CT molecular complexity index is 598. The highest BCUT2D eigenvalue weighted by Crippen LogP contribution is 2.43. The van der Waals surface area contributed by atoms with E-state index in [1.807, 2.05) is 13.8 Å². The number of urea groups is 1. The first-order valence-corrected chi connectivity index (χ1v) is 9.56. The molecule has 0 unspecified atom stereocenters. The molecule has 2 aliphatic rings. The van der Waals surface area contributed by atoms with Gasteiger partial charge in [0.2, 0.25) is 5.91 Å². The minimum atomic E-state index is -0.815. The summed E-state index contributed by atoms with van der Waals surface area (Å²) in [5.41, 5.74) is 0.256. The van der Waals surface area contributed by atoms with Gasteiger partial charge in [0.15, 0.2) is 0 Å². The molecule has 26 heavy (non-hydrogen) atoms. The van der Waals surface area contributed by atoms with Gasteiger partial charge in [-0.3, -0.25) is 14.5 Å². The van der Waals surface area contributed by atoms with Crippen LogP contribution in [0.3, 0.4) is 0 Å². The van der Waals surface area contributed by atoms with Crippen LogP contribution in [-0.4, -0.2) is 52.8 Å². The van der Waals surface area contributed by atoms with Crippen LogP contribution in [0.5, 0.6) is 0 Å². The van der Waals surface area contributed by atoms with E-state index in [0.717, 1.165) is 23.3 Å². The van der Waals surface area contributed by atoms with E-state index in [9.17, 15) is 14.4 Å². The second-order valence-electron chi connectivity index (χ2n) is 8.91. The Hall–Kier alpha value is -1.85. The molecule has 0 atom stereocenters. The number of carbonyl (C=O) groups is 3. The average Bonchev–Trinajstić information content (AvgIpc) is 2.76. The lowest BCUT2D eigenvalue weighted by Gasteiger charge is -2.40. The van der Waals surface area contributed by atoms with Crippen LogP contribution in [0.15, 0.2) is 12.2 Å². The summed E-state index contributed by atoms with van der Waals surface area (Å²) < 4.78 is 0. The van der Waals surface area contributed by atoms with Crippen molar-refractivity contribution in [3.8, 4) is 0 Å². The van der Waals surface area contributed by atoms with Gasteiger partial charge < -0.3 is 10.2 Å². The Labute approximate surface area is 157 Å². The summed E-state index contributed by atoms with van der Waals surface area (Å²) in [6.45, 7) is 15.0. The van der Waals surface area contributed by atoms with Crippen molar-refractivity contribution in [3.05, 3.63) is 12.2 Å². The highest BCUT2D eigenvalue weighted by Gasteiger charge is 2.53. The van der Waals surface area contributed by atoms with E-state index in [1.165, 1.54) is 0 Å². The first kappa shape index (κ1) is 20.5. The molecule has 1 saturated heterocycles. The molecular weight excluding hydrogens is 330 g/mol. The van der Waals surface area contributed by atoms with Crippen molar-refractivity contribution in [2.24, 2.45) is 11.3 Å². The van der Waals surface area contributed by atoms with E-state index in [1.54, 1.807) is 4.90 Å². The van der Waals surface area contributed by atoms with Crippen LogP contribution in [0.4, 0.5) is 4.79 Å². The van der Waals surface area contributed by atoms with Gasteiger partial charge >= 0.3 is 6.03 Å². The molecule has 0 aromatic rings. The molecule has 1 spiro atoms. The second-order valence-corrected chi connectivity index (χ2v) is 8.91. The van der Waals surface area contributed by atoms with E-state index in [-0.39, 0.29) is 23.8 Å². The summed E-state index contributed by atoms with van der Waals surface area (Å²) in [4.78, 5) is 40.6. The van der Waals surface area contributed by atoms with E-state index in [2.05, 4.69) is 32.7 Å². The van der Waals surface area contributed by atoms with Gasteiger partial charge in [-0.25, -0.2) is 4.79 Å². The van der Waals surface area contributed by atoms with Crippen LogP contribution in [-0.2, 0) is 9.59 Å². The Morgan fingerprint density at radius 1 is 1.31 bits per heavy atom. The number of rotatable bonds is 5. The lowest BCUT2D eigenvalue weighted by Crippen LogP contribution is -2.51. The summed E-state index contributed by atoms with van der Waals surface area (Å²) in [6, 6.07) is -0.441. The van der Waals surface area contributed by atoms with Crippen molar-refractivity contribution in [2.45, 2.75) is 65.8 Å². The number of nitrogens with one attached hydrogen (secondary N) is 1. The SMILES string of the molecule is C=C(C)CN(CC)C(=O)CN1C(=O)NC2(CCC(C(C)(C)C)CC2)C1=O. The molecule has 1 heterocycles. The summed E-state index contributed by atoms with van der Waals surface area (Å²) in [5, 5.41) is 2.89. The molecule has 0 radical (unpaired) electrons. The van der Waals surface area contributed by atoms with E-state index >= 15 is 0 Å². The third-order valence-electron chi connectivity index (χ3n) is 5.80. The fraction of sp³-hybridized carbons (Fsp3) is 0.750. The van der Waals surface area contributed by atoms with Gasteiger partial charge in [-0.2, -0.15) is 0 Å². The largest absolute Gasteiger partial charge is 0.337 e. The Morgan fingerprint density at radius 2 is 1.88 bits per heavy atom. The predicted molar refractivity (Wildman–Crippen MR) is 101 cm³/mol. The molecule has 4 amide bonds. The number of likely N-dealkylation sites (N-methyl/N-ethyl adjacent to an activating group) is 1. The Morgan fingerprint density at radius 3 is 2.35 bits per heavy atom. The third-order valence-corrected chi connectivity index (χ3v) is 5.80.